The summed E-state index contributed by atoms with van der Waals surface area (Å²) in [6.45, 7) is 3.58. The van der Waals surface area contributed by atoms with E-state index < -0.39 is 5.91 Å². The predicted molar refractivity (Wildman–Crippen MR) is 97.1 cm³/mol. The van der Waals surface area contributed by atoms with Gasteiger partial charge < -0.3 is 10.2 Å². The lowest BCUT2D eigenvalue weighted by Gasteiger charge is -2.10. The van der Waals surface area contributed by atoms with Crippen molar-refractivity contribution in [2.45, 2.75) is 9.79 Å². The summed E-state index contributed by atoms with van der Waals surface area (Å²) in [6, 6.07) is 12.4. The molecule has 0 spiro atoms. The minimum absolute atomic E-state index is 0.205. The molecule has 0 unspecified atom stereocenters. The highest BCUT2D eigenvalue weighted by molar-refractivity contribution is 7.99. The average Bonchev–Trinajstić information content (AvgIpc) is 2.75. The molecule has 2 aromatic carbocycles. The van der Waals surface area contributed by atoms with Crippen molar-refractivity contribution in [3.05, 3.63) is 65.9 Å². The fraction of sp³-hybridized carbons (Fsp3) is 0.0556. The minimum atomic E-state index is -0.450. The normalized spacial score (nSPS) is 12.6. The number of carbonyl (C=O) groups excluding carboxylic acids is 2. The summed E-state index contributed by atoms with van der Waals surface area (Å²) in [5, 5.41) is 2.84. The first kappa shape index (κ1) is 16.8. The molecule has 2 aromatic rings. The molecule has 1 heterocycles. The van der Waals surface area contributed by atoms with Crippen LogP contribution in [-0.2, 0) is 4.84 Å². The quantitative estimate of drug-likeness (QED) is 0.502. The highest BCUT2D eigenvalue weighted by Gasteiger charge is 2.20. The molecule has 6 nitrogen and oxygen atoms in total. The molecule has 126 valence electrons. The standard InChI is InChI=1S/C18H15N3O3S/c1-11(10-19-2)24-21-17(22)12-7-8-16-14(9-12)20-18(23)13-5-3-4-6-15(13)25-16/h3-10H,1H2,2H3,(H,20,23)(H,21,22)/b19-10-. The smallest absolute Gasteiger partial charge is 0.283 e. The Kier molecular flexibility index (Phi) is 4.85. The number of nitrogens with zero attached hydrogens (tertiary/aromatic N) is 1. The molecule has 25 heavy (non-hydrogen) atoms. The lowest BCUT2D eigenvalue weighted by atomic mass is 10.1. The van der Waals surface area contributed by atoms with E-state index in [0.29, 0.717) is 16.8 Å². The largest absolute Gasteiger partial charge is 0.378 e. The summed E-state index contributed by atoms with van der Waals surface area (Å²) in [6.07, 6.45) is 1.38. The molecule has 7 heteroatoms. The van der Waals surface area contributed by atoms with Gasteiger partial charge in [-0.25, -0.2) is 0 Å². The summed E-state index contributed by atoms with van der Waals surface area (Å²) in [4.78, 5) is 35.0. The molecule has 0 bridgehead atoms. The minimum Gasteiger partial charge on any atom is -0.378 e. The number of hydroxylamine groups is 1. The van der Waals surface area contributed by atoms with E-state index in [1.54, 1.807) is 31.3 Å². The van der Waals surface area contributed by atoms with Crippen LogP contribution < -0.4 is 10.8 Å². The second-order valence-corrected chi connectivity index (χ2v) is 6.23. The first-order valence-electron chi connectivity index (χ1n) is 7.39. The van der Waals surface area contributed by atoms with Gasteiger partial charge >= 0.3 is 0 Å². The third-order valence-electron chi connectivity index (χ3n) is 3.39. The van der Waals surface area contributed by atoms with Crippen molar-refractivity contribution in [3.8, 4) is 0 Å². The summed E-state index contributed by atoms with van der Waals surface area (Å²) < 4.78 is 0. The van der Waals surface area contributed by atoms with E-state index in [1.807, 2.05) is 18.2 Å². The first-order valence-corrected chi connectivity index (χ1v) is 8.20. The Morgan fingerprint density at radius 2 is 2.08 bits per heavy atom. The van der Waals surface area contributed by atoms with Crippen LogP contribution in [-0.4, -0.2) is 25.1 Å². The van der Waals surface area contributed by atoms with Crippen LogP contribution in [0.4, 0.5) is 5.69 Å². The number of nitrogens with one attached hydrogen (secondary N) is 2. The molecule has 3 rings (SSSR count). The Morgan fingerprint density at radius 3 is 2.88 bits per heavy atom. The summed E-state index contributed by atoms with van der Waals surface area (Å²) >= 11 is 1.47. The van der Waals surface area contributed by atoms with Gasteiger partial charge in [0.2, 0.25) is 0 Å². The Balaban J connectivity index is 1.81. The van der Waals surface area contributed by atoms with Gasteiger partial charge in [-0.15, -0.1) is 0 Å². The summed E-state index contributed by atoms with van der Waals surface area (Å²) in [7, 11) is 1.57. The molecule has 0 aromatic heterocycles. The lowest BCUT2D eigenvalue weighted by Crippen LogP contribution is -2.23. The van der Waals surface area contributed by atoms with Crippen LogP contribution in [0.5, 0.6) is 0 Å². The molecule has 0 saturated heterocycles. The van der Waals surface area contributed by atoms with Crippen LogP contribution in [0.2, 0.25) is 0 Å². The Labute approximate surface area is 148 Å². The van der Waals surface area contributed by atoms with Gasteiger partial charge in [0.25, 0.3) is 11.8 Å². The second-order valence-electron chi connectivity index (χ2n) is 5.15. The first-order chi connectivity index (χ1) is 12.1. The third kappa shape index (κ3) is 3.72. The number of amides is 2. The van der Waals surface area contributed by atoms with Crippen LogP contribution >= 0.6 is 11.8 Å². The molecular weight excluding hydrogens is 338 g/mol. The van der Waals surface area contributed by atoms with Crippen LogP contribution in [0.1, 0.15) is 20.7 Å². The molecule has 2 amide bonds. The Hall–Kier alpha value is -3.06. The van der Waals surface area contributed by atoms with E-state index >= 15 is 0 Å². The molecule has 2 N–H and O–H groups in total. The Morgan fingerprint density at radius 1 is 1.28 bits per heavy atom. The summed E-state index contributed by atoms with van der Waals surface area (Å²) in [5.74, 6) is -0.442. The number of carbonyl (C=O) groups is 2. The van der Waals surface area contributed by atoms with E-state index in [-0.39, 0.29) is 11.7 Å². The van der Waals surface area contributed by atoms with Crippen LogP contribution in [0.25, 0.3) is 0 Å². The van der Waals surface area contributed by atoms with Crippen LogP contribution in [0.15, 0.2) is 69.6 Å². The van der Waals surface area contributed by atoms with Crippen LogP contribution in [0, 0.1) is 0 Å². The zero-order chi connectivity index (χ0) is 17.8. The maximum absolute atomic E-state index is 12.4. The summed E-state index contributed by atoms with van der Waals surface area (Å²) in [5.41, 5.74) is 3.82. The fourth-order valence-electron chi connectivity index (χ4n) is 2.25. The monoisotopic (exact) mass is 353 g/mol. The third-order valence-corrected chi connectivity index (χ3v) is 4.54. The maximum Gasteiger partial charge on any atom is 0.283 e. The van der Waals surface area contributed by atoms with E-state index in [1.165, 1.54) is 18.0 Å². The molecule has 0 aliphatic carbocycles. The zero-order valence-electron chi connectivity index (χ0n) is 13.4. The Bertz CT molecular complexity index is 893. The van der Waals surface area contributed by atoms with E-state index in [2.05, 4.69) is 22.4 Å². The number of fused-ring (bicyclic) bond motifs is 2. The average molecular weight is 353 g/mol. The zero-order valence-corrected chi connectivity index (χ0v) is 14.2. The van der Waals surface area contributed by atoms with Crippen molar-refractivity contribution in [1.82, 2.24) is 5.48 Å². The van der Waals surface area contributed by atoms with Gasteiger partial charge in [0.05, 0.1) is 17.5 Å². The molecule has 1 aliphatic rings. The van der Waals surface area contributed by atoms with Gasteiger partial charge in [-0.05, 0) is 30.3 Å². The number of aliphatic imine (C=N–C) groups is 1. The van der Waals surface area contributed by atoms with Gasteiger partial charge in [-0.2, -0.15) is 5.48 Å². The van der Waals surface area contributed by atoms with Crippen molar-refractivity contribution in [2.75, 3.05) is 12.4 Å². The maximum atomic E-state index is 12.4. The highest BCUT2D eigenvalue weighted by Crippen LogP contribution is 2.38. The molecule has 0 atom stereocenters. The van der Waals surface area contributed by atoms with Crippen molar-refractivity contribution >= 4 is 35.5 Å². The van der Waals surface area contributed by atoms with Gasteiger partial charge in [0.15, 0.2) is 5.76 Å². The SMILES string of the molecule is C=C(/C=N\C)ONC(=O)c1ccc2c(c1)NC(=O)c1ccccc1S2. The number of hydrogen-bond acceptors (Lipinski definition) is 5. The van der Waals surface area contributed by atoms with Gasteiger partial charge in [-0.3, -0.25) is 14.6 Å². The number of hydrogen-bond donors (Lipinski definition) is 2. The van der Waals surface area contributed by atoms with Crippen molar-refractivity contribution < 1.29 is 14.4 Å². The molecule has 0 fully saturated rings. The highest BCUT2D eigenvalue weighted by atomic mass is 32.2. The van der Waals surface area contributed by atoms with Gasteiger partial charge in [0, 0.05) is 22.4 Å². The molecule has 0 saturated carbocycles. The fourth-order valence-corrected chi connectivity index (χ4v) is 3.26. The molecular formula is C18H15N3O3S. The van der Waals surface area contributed by atoms with Gasteiger partial charge in [-0.1, -0.05) is 30.5 Å². The number of benzene rings is 2. The topological polar surface area (TPSA) is 79.8 Å². The lowest BCUT2D eigenvalue weighted by molar-refractivity contribution is 0.0626. The number of rotatable bonds is 4. The van der Waals surface area contributed by atoms with Crippen molar-refractivity contribution in [2.24, 2.45) is 4.99 Å². The van der Waals surface area contributed by atoms with E-state index in [4.69, 9.17) is 4.84 Å². The van der Waals surface area contributed by atoms with E-state index in [0.717, 1.165) is 9.79 Å². The number of allylic oxidation sites excluding steroid dienone is 1. The molecule has 0 radical (unpaired) electrons. The second kappa shape index (κ2) is 7.23. The van der Waals surface area contributed by atoms with Crippen LogP contribution in [0.3, 0.4) is 0 Å². The number of anilines is 1. The van der Waals surface area contributed by atoms with Gasteiger partial charge in [0.1, 0.15) is 0 Å². The predicted octanol–water partition coefficient (Wildman–Crippen LogP) is 3.28. The van der Waals surface area contributed by atoms with Crippen molar-refractivity contribution in [3.63, 3.8) is 0 Å². The molecule has 1 aliphatic heterocycles. The van der Waals surface area contributed by atoms with Crippen molar-refractivity contribution in [1.29, 1.82) is 0 Å². The van der Waals surface area contributed by atoms with E-state index in [9.17, 15) is 9.59 Å².